The van der Waals surface area contributed by atoms with Gasteiger partial charge in [-0.05, 0) is 43.2 Å². The molecule has 1 atom stereocenters. The van der Waals surface area contributed by atoms with Crippen molar-refractivity contribution < 1.29 is 14.3 Å². The second kappa shape index (κ2) is 14.6. The lowest BCUT2D eigenvalue weighted by molar-refractivity contribution is -0.127. The summed E-state index contributed by atoms with van der Waals surface area (Å²) in [5.41, 5.74) is 1.26. The Morgan fingerprint density at radius 1 is 1.09 bits per heavy atom. The maximum Gasteiger partial charge on any atom is 0.223 e. The molecule has 1 unspecified atom stereocenters. The Kier molecular flexibility index (Phi) is 11.9. The van der Waals surface area contributed by atoms with Crippen molar-refractivity contribution in [2.75, 3.05) is 46.4 Å². The molecule has 0 spiro atoms. The van der Waals surface area contributed by atoms with Gasteiger partial charge in [-0.15, -0.1) is 24.0 Å². The first-order chi connectivity index (χ1) is 15.7. The van der Waals surface area contributed by atoms with Crippen LogP contribution in [-0.4, -0.2) is 63.2 Å². The third-order valence-corrected chi connectivity index (χ3v) is 5.38. The van der Waals surface area contributed by atoms with Crippen molar-refractivity contribution in [1.29, 1.82) is 0 Å². The van der Waals surface area contributed by atoms with Crippen LogP contribution in [0.15, 0.2) is 59.6 Å². The fourth-order valence-corrected chi connectivity index (χ4v) is 3.67. The summed E-state index contributed by atoms with van der Waals surface area (Å²) in [6, 6.07) is 17.8. The SMILES string of the molecule is CCNC(=NCC1CC(=O)N(CCc2ccccc2)C1)NCCOc1ccc(OC)cc1.I. The number of aliphatic imine (C=N–C) groups is 1. The van der Waals surface area contributed by atoms with E-state index in [-0.39, 0.29) is 35.8 Å². The van der Waals surface area contributed by atoms with Gasteiger partial charge in [0, 0.05) is 38.5 Å². The summed E-state index contributed by atoms with van der Waals surface area (Å²) in [7, 11) is 1.64. The van der Waals surface area contributed by atoms with E-state index in [0.29, 0.717) is 26.1 Å². The van der Waals surface area contributed by atoms with Crippen LogP contribution in [0.3, 0.4) is 0 Å². The van der Waals surface area contributed by atoms with E-state index in [1.54, 1.807) is 7.11 Å². The molecule has 8 heteroatoms. The topological polar surface area (TPSA) is 75.2 Å². The van der Waals surface area contributed by atoms with Gasteiger partial charge in [-0.1, -0.05) is 30.3 Å². The van der Waals surface area contributed by atoms with Crippen molar-refractivity contribution in [3.8, 4) is 11.5 Å². The first-order valence-electron chi connectivity index (χ1n) is 11.3. The van der Waals surface area contributed by atoms with Crippen LogP contribution in [0, 0.1) is 5.92 Å². The number of guanidine groups is 1. The summed E-state index contributed by atoms with van der Waals surface area (Å²) in [5.74, 6) is 2.84. The highest BCUT2D eigenvalue weighted by atomic mass is 127. The molecule has 0 saturated carbocycles. The number of nitrogens with zero attached hydrogens (tertiary/aromatic N) is 2. The van der Waals surface area contributed by atoms with E-state index < -0.39 is 0 Å². The Bertz CT molecular complexity index is 862. The number of ether oxygens (including phenoxy) is 2. The van der Waals surface area contributed by atoms with Crippen LogP contribution in [0.2, 0.25) is 0 Å². The van der Waals surface area contributed by atoms with Gasteiger partial charge < -0.3 is 25.0 Å². The summed E-state index contributed by atoms with van der Waals surface area (Å²) in [6.07, 6.45) is 1.46. The van der Waals surface area contributed by atoms with Crippen LogP contribution in [-0.2, 0) is 11.2 Å². The van der Waals surface area contributed by atoms with Crippen molar-refractivity contribution in [3.05, 3.63) is 60.2 Å². The Morgan fingerprint density at radius 3 is 2.52 bits per heavy atom. The average Bonchev–Trinajstić information content (AvgIpc) is 3.19. The van der Waals surface area contributed by atoms with E-state index in [9.17, 15) is 4.79 Å². The minimum atomic E-state index is 0. The van der Waals surface area contributed by atoms with Crippen molar-refractivity contribution >= 4 is 35.8 Å². The number of hydrogen-bond donors (Lipinski definition) is 2. The molecule has 0 aliphatic carbocycles. The lowest BCUT2D eigenvalue weighted by Gasteiger charge is -2.16. The molecule has 2 N–H and O–H groups in total. The number of hydrogen-bond acceptors (Lipinski definition) is 4. The maximum absolute atomic E-state index is 12.4. The van der Waals surface area contributed by atoms with E-state index in [4.69, 9.17) is 14.5 Å². The predicted octanol–water partition coefficient (Wildman–Crippen LogP) is 3.34. The minimum Gasteiger partial charge on any atom is -0.497 e. The molecule has 1 aliphatic rings. The molecule has 0 radical (unpaired) electrons. The zero-order valence-corrected chi connectivity index (χ0v) is 21.8. The predicted molar refractivity (Wildman–Crippen MR) is 143 cm³/mol. The van der Waals surface area contributed by atoms with Gasteiger partial charge in [0.15, 0.2) is 5.96 Å². The minimum absolute atomic E-state index is 0. The Morgan fingerprint density at radius 2 is 1.82 bits per heavy atom. The summed E-state index contributed by atoms with van der Waals surface area (Å²) in [6.45, 7) is 6.13. The molecule has 180 valence electrons. The van der Waals surface area contributed by atoms with Gasteiger partial charge in [-0.25, -0.2) is 0 Å². The molecule has 2 aromatic rings. The van der Waals surface area contributed by atoms with Crippen molar-refractivity contribution in [2.45, 2.75) is 19.8 Å². The number of carbonyl (C=O) groups excluding carboxylic acids is 1. The fraction of sp³-hybridized carbons (Fsp3) is 0.440. The molecule has 3 rings (SSSR count). The number of methoxy groups -OCH3 is 1. The molecule has 1 aliphatic heterocycles. The standard InChI is InChI=1S/C25H34N4O3.HI/c1-3-26-25(27-14-16-32-23-11-9-22(31-2)10-12-23)28-18-21-17-24(30)29(19-21)15-13-20-7-5-4-6-8-20;/h4-12,21H,3,13-19H2,1-2H3,(H2,26,27,28);1H. The van der Waals surface area contributed by atoms with Gasteiger partial charge in [0.25, 0.3) is 0 Å². The summed E-state index contributed by atoms with van der Waals surface area (Å²) >= 11 is 0. The van der Waals surface area contributed by atoms with Gasteiger partial charge in [-0.2, -0.15) is 0 Å². The van der Waals surface area contributed by atoms with Crippen LogP contribution in [0.1, 0.15) is 18.9 Å². The highest BCUT2D eigenvalue weighted by Gasteiger charge is 2.28. The van der Waals surface area contributed by atoms with Crippen molar-refractivity contribution in [1.82, 2.24) is 15.5 Å². The lowest BCUT2D eigenvalue weighted by atomic mass is 10.1. The molecule has 1 heterocycles. The first kappa shape index (κ1) is 26.8. The molecule has 0 bridgehead atoms. The molecular formula is C25H35IN4O3. The number of nitrogens with one attached hydrogen (secondary N) is 2. The molecule has 2 aromatic carbocycles. The molecular weight excluding hydrogens is 531 g/mol. The third-order valence-electron chi connectivity index (χ3n) is 5.38. The molecule has 1 amide bonds. The maximum atomic E-state index is 12.4. The Hall–Kier alpha value is -2.49. The number of benzene rings is 2. The molecule has 1 fully saturated rings. The smallest absolute Gasteiger partial charge is 0.223 e. The summed E-state index contributed by atoms with van der Waals surface area (Å²) < 4.78 is 10.9. The van der Waals surface area contributed by atoms with Crippen LogP contribution in [0.5, 0.6) is 11.5 Å². The normalized spacial score (nSPS) is 15.7. The number of carbonyl (C=O) groups is 1. The second-order valence-electron chi connectivity index (χ2n) is 7.82. The quantitative estimate of drug-likeness (QED) is 0.189. The zero-order valence-electron chi connectivity index (χ0n) is 19.5. The summed E-state index contributed by atoms with van der Waals surface area (Å²) in [5, 5.41) is 6.55. The average molecular weight is 566 g/mol. The number of halogens is 1. The van der Waals surface area contributed by atoms with E-state index in [2.05, 4.69) is 22.8 Å². The largest absolute Gasteiger partial charge is 0.497 e. The van der Waals surface area contributed by atoms with Crippen molar-refractivity contribution in [2.24, 2.45) is 10.9 Å². The third kappa shape index (κ3) is 9.11. The summed E-state index contributed by atoms with van der Waals surface area (Å²) in [4.78, 5) is 19.0. The van der Waals surface area contributed by atoms with Crippen LogP contribution in [0.4, 0.5) is 0 Å². The molecule has 33 heavy (non-hydrogen) atoms. The van der Waals surface area contributed by atoms with Crippen LogP contribution in [0.25, 0.3) is 0 Å². The van der Waals surface area contributed by atoms with Gasteiger partial charge in [0.1, 0.15) is 18.1 Å². The molecule has 7 nitrogen and oxygen atoms in total. The first-order valence-corrected chi connectivity index (χ1v) is 11.3. The molecule has 1 saturated heterocycles. The molecule has 0 aromatic heterocycles. The number of rotatable bonds is 11. The number of amides is 1. The lowest BCUT2D eigenvalue weighted by Crippen LogP contribution is -2.39. The highest BCUT2D eigenvalue weighted by molar-refractivity contribution is 14.0. The van der Waals surface area contributed by atoms with Crippen molar-refractivity contribution in [3.63, 3.8) is 0 Å². The van der Waals surface area contributed by atoms with E-state index in [1.165, 1.54) is 5.56 Å². The fourth-order valence-electron chi connectivity index (χ4n) is 3.67. The Labute approximate surface area is 214 Å². The number of likely N-dealkylation sites (tertiary alicyclic amines) is 1. The van der Waals surface area contributed by atoms with Gasteiger partial charge >= 0.3 is 0 Å². The van der Waals surface area contributed by atoms with Gasteiger partial charge in [0.2, 0.25) is 5.91 Å². The highest BCUT2D eigenvalue weighted by Crippen LogP contribution is 2.19. The second-order valence-corrected chi connectivity index (χ2v) is 7.82. The Balaban J connectivity index is 0.00000385. The van der Waals surface area contributed by atoms with E-state index >= 15 is 0 Å². The van der Waals surface area contributed by atoms with E-state index in [0.717, 1.165) is 43.5 Å². The van der Waals surface area contributed by atoms with Gasteiger partial charge in [0.05, 0.1) is 13.7 Å². The van der Waals surface area contributed by atoms with E-state index in [1.807, 2.05) is 54.3 Å². The monoisotopic (exact) mass is 566 g/mol. The zero-order chi connectivity index (χ0) is 22.6. The van der Waals surface area contributed by atoms with Crippen LogP contribution >= 0.6 is 24.0 Å². The van der Waals surface area contributed by atoms with Crippen LogP contribution < -0.4 is 20.1 Å². The van der Waals surface area contributed by atoms with Gasteiger partial charge in [-0.3, -0.25) is 9.79 Å².